The number of fused-ring (bicyclic) bond motifs is 1. The van der Waals surface area contributed by atoms with E-state index in [4.69, 9.17) is 0 Å². The lowest BCUT2D eigenvalue weighted by Crippen LogP contribution is -2.47. The molecular formula is C24H20F3N3O2S. The highest BCUT2D eigenvalue weighted by molar-refractivity contribution is 7.12. The number of aromatic amines is 1. The molecule has 0 spiro atoms. The number of aromatic nitrogens is 1. The van der Waals surface area contributed by atoms with Crippen LogP contribution in [0.15, 0.2) is 72.2 Å². The summed E-state index contributed by atoms with van der Waals surface area (Å²) in [6, 6.07) is 14.9. The number of para-hydroxylation sites is 1. The van der Waals surface area contributed by atoms with Gasteiger partial charge in [0.15, 0.2) is 0 Å². The van der Waals surface area contributed by atoms with Gasteiger partial charge in [0.1, 0.15) is 6.04 Å². The summed E-state index contributed by atoms with van der Waals surface area (Å²) in [5.74, 6) is -0.869. The van der Waals surface area contributed by atoms with Crippen LogP contribution >= 0.6 is 11.3 Å². The fraction of sp³-hybridized carbons (Fsp3) is 0.167. The lowest BCUT2D eigenvalue weighted by Gasteiger charge is -2.18. The van der Waals surface area contributed by atoms with E-state index in [1.165, 1.54) is 23.5 Å². The summed E-state index contributed by atoms with van der Waals surface area (Å²) in [7, 11) is 0. The average Bonchev–Trinajstić information content (AvgIpc) is 3.47. The number of hydrogen-bond donors (Lipinski definition) is 3. The number of benzene rings is 2. The Morgan fingerprint density at radius 1 is 1.03 bits per heavy atom. The number of H-pyrrole nitrogens is 1. The van der Waals surface area contributed by atoms with E-state index in [2.05, 4.69) is 15.6 Å². The van der Waals surface area contributed by atoms with Gasteiger partial charge in [-0.05, 0) is 40.8 Å². The summed E-state index contributed by atoms with van der Waals surface area (Å²) in [5, 5.41) is 8.11. The van der Waals surface area contributed by atoms with E-state index >= 15 is 0 Å². The average molecular weight is 472 g/mol. The number of nitrogens with one attached hydrogen (secondary N) is 3. The van der Waals surface area contributed by atoms with Crippen molar-refractivity contribution in [2.75, 3.05) is 0 Å². The van der Waals surface area contributed by atoms with Crippen molar-refractivity contribution in [3.8, 4) is 0 Å². The lowest BCUT2D eigenvalue weighted by atomic mass is 10.0. The normalized spacial score (nSPS) is 12.5. The monoisotopic (exact) mass is 471 g/mol. The van der Waals surface area contributed by atoms with Gasteiger partial charge in [-0.15, -0.1) is 11.3 Å². The molecule has 0 saturated carbocycles. The second kappa shape index (κ2) is 9.50. The summed E-state index contributed by atoms with van der Waals surface area (Å²) < 4.78 is 38.9. The first-order valence-electron chi connectivity index (χ1n) is 10.1. The van der Waals surface area contributed by atoms with Gasteiger partial charge in [-0.3, -0.25) is 9.59 Å². The first-order valence-corrected chi connectivity index (χ1v) is 11.0. The van der Waals surface area contributed by atoms with Gasteiger partial charge in [0, 0.05) is 30.1 Å². The number of rotatable bonds is 7. The van der Waals surface area contributed by atoms with Gasteiger partial charge in [0.2, 0.25) is 5.91 Å². The van der Waals surface area contributed by atoms with Gasteiger partial charge < -0.3 is 15.6 Å². The van der Waals surface area contributed by atoms with Gasteiger partial charge in [0.25, 0.3) is 5.91 Å². The molecule has 0 saturated heterocycles. The molecule has 170 valence electrons. The number of halogens is 3. The number of alkyl halides is 3. The van der Waals surface area contributed by atoms with Crippen LogP contribution in [0.5, 0.6) is 0 Å². The van der Waals surface area contributed by atoms with Crippen molar-refractivity contribution < 1.29 is 22.8 Å². The van der Waals surface area contributed by atoms with Gasteiger partial charge in [-0.1, -0.05) is 36.4 Å². The molecular weight excluding hydrogens is 451 g/mol. The van der Waals surface area contributed by atoms with Crippen molar-refractivity contribution in [1.29, 1.82) is 0 Å². The van der Waals surface area contributed by atoms with E-state index in [-0.39, 0.29) is 18.9 Å². The predicted molar refractivity (Wildman–Crippen MR) is 121 cm³/mol. The van der Waals surface area contributed by atoms with Crippen molar-refractivity contribution in [2.45, 2.75) is 25.2 Å². The van der Waals surface area contributed by atoms with Crippen molar-refractivity contribution in [3.63, 3.8) is 0 Å². The highest BCUT2D eigenvalue weighted by Gasteiger charge is 2.30. The Bertz CT molecular complexity index is 1270. The SMILES string of the molecule is O=C(NC(Cc1c[nH]c2ccccc12)C(=O)NCc1cccc(C(F)(F)F)c1)c1cccs1. The van der Waals surface area contributed by atoms with Crippen molar-refractivity contribution in [2.24, 2.45) is 0 Å². The molecule has 1 atom stereocenters. The largest absolute Gasteiger partial charge is 0.416 e. The van der Waals surface area contributed by atoms with Gasteiger partial charge in [-0.2, -0.15) is 13.2 Å². The number of carbonyl (C=O) groups excluding carboxylic acids is 2. The van der Waals surface area contributed by atoms with E-state index in [0.717, 1.165) is 28.6 Å². The van der Waals surface area contributed by atoms with Crippen molar-refractivity contribution in [1.82, 2.24) is 15.6 Å². The summed E-state index contributed by atoms with van der Waals surface area (Å²) >= 11 is 1.25. The Kier molecular flexibility index (Phi) is 6.50. The zero-order valence-corrected chi connectivity index (χ0v) is 18.1. The summed E-state index contributed by atoms with van der Waals surface area (Å²) in [5.41, 5.74) is 1.28. The van der Waals surface area contributed by atoms with Crippen LogP contribution < -0.4 is 10.6 Å². The van der Waals surface area contributed by atoms with E-state index in [1.807, 2.05) is 24.3 Å². The van der Waals surface area contributed by atoms with Crippen LogP contribution in [0.25, 0.3) is 10.9 Å². The third-order valence-corrected chi connectivity index (χ3v) is 6.06. The molecule has 5 nitrogen and oxygen atoms in total. The maximum Gasteiger partial charge on any atom is 0.416 e. The van der Waals surface area contributed by atoms with E-state index in [9.17, 15) is 22.8 Å². The Hall–Kier alpha value is -3.59. The van der Waals surface area contributed by atoms with Crippen LogP contribution in [0.3, 0.4) is 0 Å². The molecule has 2 aromatic heterocycles. The highest BCUT2D eigenvalue weighted by atomic mass is 32.1. The predicted octanol–water partition coefficient (Wildman–Crippen LogP) is 4.91. The second-order valence-electron chi connectivity index (χ2n) is 7.48. The maximum atomic E-state index is 13.0. The zero-order chi connectivity index (χ0) is 23.4. The van der Waals surface area contributed by atoms with Crippen LogP contribution in [0.4, 0.5) is 13.2 Å². The summed E-state index contributed by atoms with van der Waals surface area (Å²) in [6.45, 7) is -0.0952. The van der Waals surface area contributed by atoms with Crippen molar-refractivity contribution >= 4 is 34.1 Å². The molecule has 9 heteroatoms. The van der Waals surface area contributed by atoms with Gasteiger partial charge in [-0.25, -0.2) is 0 Å². The van der Waals surface area contributed by atoms with Crippen LogP contribution in [-0.4, -0.2) is 22.8 Å². The topological polar surface area (TPSA) is 74.0 Å². The fourth-order valence-corrected chi connectivity index (χ4v) is 4.16. The molecule has 2 aromatic carbocycles. The lowest BCUT2D eigenvalue weighted by molar-refractivity contribution is -0.137. The van der Waals surface area contributed by atoms with E-state index < -0.39 is 23.7 Å². The smallest absolute Gasteiger partial charge is 0.361 e. The first-order chi connectivity index (χ1) is 15.8. The third kappa shape index (κ3) is 5.43. The van der Waals surface area contributed by atoms with E-state index in [1.54, 1.807) is 23.7 Å². The third-order valence-electron chi connectivity index (χ3n) is 5.19. The van der Waals surface area contributed by atoms with Gasteiger partial charge >= 0.3 is 6.18 Å². The number of amides is 2. The number of carbonyl (C=O) groups is 2. The summed E-state index contributed by atoms with van der Waals surface area (Å²) in [6.07, 6.45) is -2.46. The molecule has 2 heterocycles. The molecule has 33 heavy (non-hydrogen) atoms. The Labute approximate surface area is 191 Å². The quantitative estimate of drug-likeness (QED) is 0.359. The fourth-order valence-electron chi connectivity index (χ4n) is 3.54. The zero-order valence-electron chi connectivity index (χ0n) is 17.3. The first kappa shape index (κ1) is 22.6. The molecule has 4 aromatic rings. The Morgan fingerprint density at radius 2 is 1.85 bits per heavy atom. The van der Waals surface area contributed by atoms with Crippen LogP contribution in [0.1, 0.15) is 26.4 Å². The molecule has 2 amide bonds. The van der Waals surface area contributed by atoms with Crippen LogP contribution in [0, 0.1) is 0 Å². The molecule has 1 unspecified atom stereocenters. The molecule has 0 fully saturated rings. The number of thiophene rings is 1. The summed E-state index contributed by atoms with van der Waals surface area (Å²) in [4.78, 5) is 29.2. The van der Waals surface area contributed by atoms with Gasteiger partial charge in [0.05, 0.1) is 10.4 Å². The maximum absolute atomic E-state index is 13.0. The molecule has 0 aliphatic rings. The number of hydrogen-bond acceptors (Lipinski definition) is 3. The Balaban J connectivity index is 1.52. The minimum atomic E-state index is -4.47. The molecule has 4 rings (SSSR count). The Morgan fingerprint density at radius 3 is 2.61 bits per heavy atom. The molecule has 3 N–H and O–H groups in total. The second-order valence-corrected chi connectivity index (χ2v) is 8.43. The molecule has 0 bridgehead atoms. The minimum Gasteiger partial charge on any atom is -0.361 e. The van der Waals surface area contributed by atoms with Crippen molar-refractivity contribution in [3.05, 3.63) is 93.8 Å². The van der Waals surface area contributed by atoms with Crippen LogP contribution in [0.2, 0.25) is 0 Å². The van der Waals surface area contributed by atoms with E-state index in [0.29, 0.717) is 10.4 Å². The molecule has 0 radical (unpaired) electrons. The standard InChI is InChI=1S/C24H20F3N3O2S/c25-24(26,27)17-6-3-5-15(11-17)13-29-22(31)20(30-23(32)21-9-4-10-33-21)12-16-14-28-19-8-2-1-7-18(16)19/h1-11,14,20,28H,12-13H2,(H,29,31)(H,30,32). The van der Waals surface area contributed by atoms with Crippen LogP contribution in [-0.2, 0) is 23.9 Å². The molecule has 0 aliphatic carbocycles. The molecule has 0 aliphatic heterocycles. The minimum absolute atomic E-state index is 0.0952. The highest BCUT2D eigenvalue weighted by Crippen LogP contribution is 2.29.